The van der Waals surface area contributed by atoms with Crippen LogP contribution in [0.4, 0.5) is 0 Å². The molecule has 0 fully saturated rings. The second kappa shape index (κ2) is 9.67. The van der Waals surface area contributed by atoms with Gasteiger partial charge in [0.25, 0.3) is 5.52 Å². The van der Waals surface area contributed by atoms with Crippen LogP contribution >= 0.6 is 11.6 Å². The first-order valence-electron chi connectivity index (χ1n) is 7.70. The molecule has 8 nitrogen and oxygen atoms in total. The third kappa shape index (κ3) is 5.78. The molecule has 146 valence electrons. The summed E-state index contributed by atoms with van der Waals surface area (Å²) in [6.07, 6.45) is 3.53. The van der Waals surface area contributed by atoms with Gasteiger partial charge in [0.15, 0.2) is 6.33 Å². The highest BCUT2D eigenvalue weighted by atomic mass is 35.7. The zero-order valence-electron chi connectivity index (χ0n) is 14.5. The number of benzene rings is 2. The summed E-state index contributed by atoms with van der Waals surface area (Å²) in [7, 11) is -3.94. The van der Waals surface area contributed by atoms with E-state index in [0.717, 1.165) is 34.3 Å². The Balaban J connectivity index is 0.000000352. The van der Waals surface area contributed by atoms with E-state index in [1.165, 1.54) is 5.39 Å². The van der Waals surface area contributed by atoms with Gasteiger partial charge in [0.1, 0.15) is 5.69 Å². The molecule has 4 aromatic rings. The lowest BCUT2D eigenvalue weighted by Crippen LogP contribution is -2.68. The van der Waals surface area contributed by atoms with Gasteiger partial charge in [-0.1, -0.05) is 41.9 Å². The van der Waals surface area contributed by atoms with Crippen molar-refractivity contribution >= 4 is 27.9 Å². The SMILES string of the molecule is CO.Clc1ccc(-c2ncn[n+]3ccc4ccccc4c23)cc1.[O-][Cl+3]([O-])([O-])[O-]. The zero-order chi connectivity index (χ0) is 20.7. The molecule has 0 saturated carbocycles. The number of rotatable bonds is 1. The Kier molecular flexibility index (Phi) is 7.55. The van der Waals surface area contributed by atoms with E-state index in [-0.39, 0.29) is 0 Å². The molecule has 0 unspecified atom stereocenters. The maximum Gasteiger partial charge on any atom is 0.272 e. The molecular weight excluding hydrogens is 409 g/mol. The Bertz CT molecular complexity index is 1050. The molecular formula is C18H15Cl2N3O5. The van der Waals surface area contributed by atoms with Gasteiger partial charge in [0.2, 0.25) is 6.20 Å². The molecule has 28 heavy (non-hydrogen) atoms. The van der Waals surface area contributed by atoms with Crippen LogP contribution in [0.5, 0.6) is 0 Å². The van der Waals surface area contributed by atoms with Gasteiger partial charge in [-0.2, -0.15) is 0 Å². The summed E-state index contributed by atoms with van der Waals surface area (Å²) < 4.78 is 35.8. The van der Waals surface area contributed by atoms with Crippen molar-refractivity contribution in [3.8, 4) is 11.3 Å². The fraction of sp³-hybridized carbons (Fsp3) is 0.0556. The zero-order valence-corrected chi connectivity index (χ0v) is 16.0. The third-order valence-corrected chi connectivity index (χ3v) is 3.80. The fourth-order valence-corrected chi connectivity index (χ4v) is 2.68. The lowest BCUT2D eigenvalue weighted by molar-refractivity contribution is -2.00. The molecule has 2 aromatic carbocycles. The molecule has 1 N–H and O–H groups in total. The lowest BCUT2D eigenvalue weighted by atomic mass is 10.1. The molecule has 0 radical (unpaired) electrons. The molecule has 4 rings (SSSR count). The van der Waals surface area contributed by atoms with Crippen molar-refractivity contribution in [2.24, 2.45) is 0 Å². The minimum absolute atomic E-state index is 0.717. The van der Waals surface area contributed by atoms with E-state index < -0.39 is 10.2 Å². The number of aliphatic hydroxyl groups excluding tert-OH is 1. The first kappa shape index (κ1) is 21.9. The van der Waals surface area contributed by atoms with E-state index in [0.29, 0.717) is 0 Å². The van der Waals surface area contributed by atoms with Crippen molar-refractivity contribution in [1.29, 1.82) is 0 Å². The molecule has 0 spiro atoms. The smallest absolute Gasteiger partial charge is 0.272 e. The minimum atomic E-state index is -4.94. The van der Waals surface area contributed by atoms with Gasteiger partial charge in [-0.3, -0.25) is 0 Å². The van der Waals surface area contributed by atoms with Crippen LogP contribution in [-0.4, -0.2) is 22.3 Å². The van der Waals surface area contributed by atoms with E-state index >= 15 is 0 Å². The first-order chi connectivity index (χ1) is 13.3. The molecule has 10 heteroatoms. The topological polar surface area (TPSA) is 142 Å². The predicted molar refractivity (Wildman–Crippen MR) is 91.3 cm³/mol. The standard InChI is InChI=1S/C17H11ClN3.CH4O.ClHO4/c18-14-7-5-13(6-8-14)16-17-15-4-2-1-3-12(15)9-10-21(17)20-11-19-16;1-2;2-1(3,4)5/h1-11H;2H,1H3;(H,2,3,4,5)/q+1;;/p-1. The highest BCUT2D eigenvalue weighted by Crippen LogP contribution is 2.26. The largest absolute Gasteiger partial charge is 0.400 e. The molecule has 2 aromatic heterocycles. The quantitative estimate of drug-likeness (QED) is 0.291. The summed E-state index contributed by atoms with van der Waals surface area (Å²) in [5.41, 5.74) is 2.92. The van der Waals surface area contributed by atoms with Gasteiger partial charge in [0, 0.05) is 28.9 Å². The number of fused-ring (bicyclic) bond motifs is 3. The maximum absolute atomic E-state index is 8.49. The summed E-state index contributed by atoms with van der Waals surface area (Å²) in [4.78, 5) is 4.48. The molecule has 0 aliphatic rings. The predicted octanol–water partition coefficient (Wildman–Crippen LogP) is -1.46. The van der Waals surface area contributed by atoms with Crippen molar-refractivity contribution < 1.29 is 38.5 Å². The number of hydrogen-bond acceptors (Lipinski definition) is 7. The highest BCUT2D eigenvalue weighted by molar-refractivity contribution is 6.30. The summed E-state index contributed by atoms with van der Waals surface area (Å²) in [6, 6.07) is 18.0. The number of aromatic nitrogens is 3. The van der Waals surface area contributed by atoms with E-state index in [2.05, 4.69) is 28.3 Å². The van der Waals surface area contributed by atoms with Crippen LogP contribution in [0.25, 0.3) is 27.5 Å². The fourth-order valence-electron chi connectivity index (χ4n) is 2.56. The van der Waals surface area contributed by atoms with Crippen LogP contribution in [0.3, 0.4) is 0 Å². The highest BCUT2D eigenvalue weighted by Gasteiger charge is 2.16. The number of halogens is 2. The summed E-state index contributed by atoms with van der Waals surface area (Å²) in [6.45, 7) is 0. The number of hydrogen-bond donors (Lipinski definition) is 1. The van der Waals surface area contributed by atoms with Crippen LogP contribution in [-0.2, 0) is 0 Å². The Labute approximate surface area is 167 Å². The second-order valence-corrected chi connectivity index (χ2v) is 6.38. The Hall–Kier alpha value is -2.43. The van der Waals surface area contributed by atoms with Crippen molar-refractivity contribution in [3.05, 3.63) is 72.1 Å². The van der Waals surface area contributed by atoms with Crippen LogP contribution in [0.1, 0.15) is 0 Å². The molecule has 2 heterocycles. The van der Waals surface area contributed by atoms with Gasteiger partial charge < -0.3 is 5.11 Å². The number of pyridine rings is 1. The van der Waals surface area contributed by atoms with Crippen LogP contribution in [0.2, 0.25) is 5.02 Å². The summed E-state index contributed by atoms with van der Waals surface area (Å²) >= 11 is 5.97. The van der Waals surface area contributed by atoms with Crippen molar-refractivity contribution in [3.63, 3.8) is 0 Å². The average molecular weight is 424 g/mol. The monoisotopic (exact) mass is 423 g/mol. The molecule has 0 aliphatic carbocycles. The third-order valence-electron chi connectivity index (χ3n) is 3.55. The van der Waals surface area contributed by atoms with Gasteiger partial charge >= 0.3 is 0 Å². The molecule has 0 amide bonds. The lowest BCUT2D eigenvalue weighted by Gasteiger charge is -2.17. The molecule has 0 bridgehead atoms. The summed E-state index contributed by atoms with van der Waals surface area (Å²) in [5, 5.41) is 14.3. The molecule has 0 atom stereocenters. The molecule has 0 aliphatic heterocycles. The second-order valence-electron chi connectivity index (χ2n) is 5.19. The van der Waals surface area contributed by atoms with Gasteiger partial charge in [-0.05, 0) is 28.1 Å². The Morgan fingerprint density at radius 3 is 2.18 bits per heavy atom. The van der Waals surface area contributed by atoms with Crippen molar-refractivity contribution in [1.82, 2.24) is 10.1 Å². The van der Waals surface area contributed by atoms with E-state index in [1.807, 2.05) is 47.1 Å². The van der Waals surface area contributed by atoms with Crippen LogP contribution < -0.4 is 23.2 Å². The maximum atomic E-state index is 8.49. The summed E-state index contributed by atoms with van der Waals surface area (Å²) in [5.74, 6) is 0. The van der Waals surface area contributed by atoms with E-state index in [9.17, 15) is 0 Å². The van der Waals surface area contributed by atoms with E-state index in [4.69, 9.17) is 35.3 Å². The normalized spacial score (nSPS) is 10.7. The number of aliphatic hydroxyl groups is 1. The van der Waals surface area contributed by atoms with Crippen molar-refractivity contribution in [2.75, 3.05) is 7.11 Å². The minimum Gasteiger partial charge on any atom is -0.400 e. The Morgan fingerprint density at radius 1 is 0.929 bits per heavy atom. The van der Waals surface area contributed by atoms with Gasteiger partial charge in [-0.25, -0.2) is 23.6 Å². The van der Waals surface area contributed by atoms with Gasteiger partial charge in [0.05, 0.1) is 5.39 Å². The van der Waals surface area contributed by atoms with Crippen LogP contribution in [0, 0.1) is 10.2 Å². The van der Waals surface area contributed by atoms with Crippen LogP contribution in [0.15, 0.2) is 67.1 Å². The number of nitrogens with zero attached hydrogens (tertiary/aromatic N) is 3. The first-order valence-corrected chi connectivity index (χ1v) is 9.31. The van der Waals surface area contributed by atoms with E-state index in [1.54, 1.807) is 6.33 Å². The van der Waals surface area contributed by atoms with Crippen molar-refractivity contribution in [2.45, 2.75) is 0 Å². The average Bonchev–Trinajstić information content (AvgIpc) is 2.68. The van der Waals surface area contributed by atoms with Gasteiger partial charge in [-0.15, -0.1) is 10.2 Å². The Morgan fingerprint density at radius 2 is 1.54 bits per heavy atom. The molecule has 0 saturated heterocycles.